The Morgan fingerprint density at radius 3 is 2.60 bits per heavy atom. The molecule has 0 aliphatic heterocycles. The van der Waals surface area contributed by atoms with Gasteiger partial charge < -0.3 is 5.73 Å². The number of fused-ring (bicyclic) bond motifs is 1. The largest absolute Gasteiger partial charge is 0.330 e. The van der Waals surface area contributed by atoms with Crippen LogP contribution in [0.25, 0.3) is 16.9 Å². The topological polar surface area (TPSA) is 43.3 Å². The van der Waals surface area contributed by atoms with Crippen molar-refractivity contribution in [2.45, 2.75) is 13.3 Å². The number of nitrogens with zero attached hydrogens (tertiary/aromatic N) is 2. The van der Waals surface area contributed by atoms with Crippen LogP contribution in [-0.4, -0.2) is 15.9 Å². The fraction of sp³-hybridized carbons (Fsp3) is 0.188. The predicted octanol–water partition coefficient (Wildman–Crippen LogP) is 3.57. The second kappa shape index (κ2) is 5.38. The minimum atomic E-state index is 0.604. The van der Waals surface area contributed by atoms with Gasteiger partial charge in [0.05, 0.1) is 11.4 Å². The second-order valence-corrected chi connectivity index (χ2v) is 5.80. The predicted molar refractivity (Wildman–Crippen MR) is 85.8 cm³/mol. The summed E-state index contributed by atoms with van der Waals surface area (Å²) < 4.78 is 3.23. The molecule has 3 nitrogen and oxygen atoms in total. The fourth-order valence-electron chi connectivity index (χ4n) is 2.42. The van der Waals surface area contributed by atoms with E-state index in [-0.39, 0.29) is 0 Å². The van der Waals surface area contributed by atoms with E-state index in [1.165, 1.54) is 5.56 Å². The van der Waals surface area contributed by atoms with Crippen LogP contribution >= 0.6 is 15.9 Å². The number of aromatic nitrogens is 2. The summed E-state index contributed by atoms with van der Waals surface area (Å²) in [6, 6.07) is 12.5. The number of nitrogens with two attached hydrogens (primary N) is 1. The zero-order chi connectivity index (χ0) is 14.1. The number of rotatable bonds is 3. The van der Waals surface area contributed by atoms with Crippen molar-refractivity contribution in [2.75, 3.05) is 6.54 Å². The lowest BCUT2D eigenvalue weighted by molar-refractivity contribution is 0.939. The minimum Gasteiger partial charge on any atom is -0.330 e. The average molecular weight is 330 g/mol. The molecule has 3 aromatic rings. The number of imidazole rings is 1. The van der Waals surface area contributed by atoms with Crippen LogP contribution in [0, 0.1) is 6.92 Å². The average Bonchev–Trinajstić information content (AvgIpc) is 2.78. The summed E-state index contributed by atoms with van der Waals surface area (Å²) in [4.78, 5) is 4.71. The highest BCUT2D eigenvalue weighted by Gasteiger charge is 2.13. The highest BCUT2D eigenvalue weighted by molar-refractivity contribution is 9.10. The Hall–Kier alpha value is -1.65. The van der Waals surface area contributed by atoms with E-state index >= 15 is 0 Å². The van der Waals surface area contributed by atoms with E-state index in [2.05, 4.69) is 69.8 Å². The molecule has 2 heterocycles. The Balaban J connectivity index is 2.27. The van der Waals surface area contributed by atoms with Gasteiger partial charge in [-0.15, -0.1) is 0 Å². The molecular formula is C16H16BrN3. The Kier molecular flexibility index (Phi) is 3.59. The van der Waals surface area contributed by atoms with Crippen LogP contribution in [-0.2, 0) is 6.42 Å². The van der Waals surface area contributed by atoms with Crippen LogP contribution in [0.15, 0.2) is 47.1 Å². The van der Waals surface area contributed by atoms with Crippen LogP contribution in [0.1, 0.15) is 11.3 Å². The van der Waals surface area contributed by atoms with E-state index < -0.39 is 0 Å². The number of halogens is 1. The molecule has 0 unspecified atom stereocenters. The quantitative estimate of drug-likeness (QED) is 0.798. The first-order valence-corrected chi connectivity index (χ1v) is 7.42. The van der Waals surface area contributed by atoms with Crippen molar-refractivity contribution in [1.82, 2.24) is 9.38 Å². The van der Waals surface area contributed by atoms with Crippen molar-refractivity contribution < 1.29 is 0 Å². The van der Waals surface area contributed by atoms with E-state index in [0.29, 0.717) is 6.54 Å². The zero-order valence-corrected chi connectivity index (χ0v) is 12.9. The number of aryl methyl sites for hydroxylation is 1. The van der Waals surface area contributed by atoms with Crippen LogP contribution in [0.2, 0.25) is 0 Å². The summed E-state index contributed by atoms with van der Waals surface area (Å²) >= 11 is 3.48. The first-order valence-electron chi connectivity index (χ1n) is 6.62. The lowest BCUT2D eigenvalue weighted by atomic mass is 10.1. The van der Waals surface area contributed by atoms with Crippen molar-refractivity contribution in [3.05, 3.63) is 58.3 Å². The monoisotopic (exact) mass is 329 g/mol. The molecule has 0 amide bonds. The smallest absolute Gasteiger partial charge is 0.137 e. The molecule has 0 aliphatic rings. The molecule has 0 atom stereocenters. The highest BCUT2D eigenvalue weighted by atomic mass is 79.9. The Morgan fingerprint density at radius 1 is 1.15 bits per heavy atom. The lowest BCUT2D eigenvalue weighted by Crippen LogP contribution is -2.04. The molecule has 0 saturated carbocycles. The van der Waals surface area contributed by atoms with Crippen molar-refractivity contribution in [1.29, 1.82) is 0 Å². The summed E-state index contributed by atoms with van der Waals surface area (Å²) in [5.41, 5.74) is 11.3. The van der Waals surface area contributed by atoms with Gasteiger partial charge in [-0.3, -0.25) is 4.40 Å². The third-order valence-corrected chi connectivity index (χ3v) is 3.87. The van der Waals surface area contributed by atoms with E-state index in [4.69, 9.17) is 10.7 Å². The van der Waals surface area contributed by atoms with Gasteiger partial charge in [0.15, 0.2) is 0 Å². The maximum absolute atomic E-state index is 5.73. The van der Waals surface area contributed by atoms with Crippen LogP contribution in [0.3, 0.4) is 0 Å². The molecule has 0 bridgehead atoms. The molecule has 102 valence electrons. The Morgan fingerprint density at radius 2 is 1.90 bits per heavy atom. The maximum atomic E-state index is 5.73. The number of pyridine rings is 1. The zero-order valence-electron chi connectivity index (χ0n) is 11.3. The maximum Gasteiger partial charge on any atom is 0.137 e. The van der Waals surface area contributed by atoms with Gasteiger partial charge in [-0.05, 0) is 37.2 Å². The summed E-state index contributed by atoms with van der Waals surface area (Å²) in [6.07, 6.45) is 2.91. The van der Waals surface area contributed by atoms with Crippen molar-refractivity contribution in [2.24, 2.45) is 5.73 Å². The molecule has 0 fully saturated rings. The minimum absolute atomic E-state index is 0.604. The van der Waals surface area contributed by atoms with E-state index in [0.717, 1.165) is 33.5 Å². The molecule has 2 N–H and O–H groups in total. The van der Waals surface area contributed by atoms with Gasteiger partial charge in [-0.25, -0.2) is 4.98 Å². The standard InChI is InChI=1S/C16H16BrN3/c1-11-2-7-15-19-14(8-9-18)16(20(15)10-11)12-3-5-13(17)6-4-12/h2-7,10H,8-9,18H2,1H3. The molecule has 0 spiro atoms. The van der Waals surface area contributed by atoms with Gasteiger partial charge in [0.1, 0.15) is 5.65 Å². The first kappa shape index (κ1) is 13.3. The molecular weight excluding hydrogens is 314 g/mol. The SMILES string of the molecule is Cc1ccc2nc(CCN)c(-c3ccc(Br)cc3)n2c1. The van der Waals surface area contributed by atoms with Crippen molar-refractivity contribution in [3.8, 4) is 11.3 Å². The lowest BCUT2D eigenvalue weighted by Gasteiger charge is -2.06. The van der Waals surface area contributed by atoms with Gasteiger partial charge in [0.2, 0.25) is 0 Å². The van der Waals surface area contributed by atoms with E-state index in [1.807, 2.05) is 0 Å². The van der Waals surface area contributed by atoms with Gasteiger partial charge in [-0.1, -0.05) is 34.1 Å². The molecule has 0 saturated heterocycles. The van der Waals surface area contributed by atoms with Gasteiger partial charge >= 0.3 is 0 Å². The van der Waals surface area contributed by atoms with Gasteiger partial charge in [0, 0.05) is 22.7 Å². The van der Waals surface area contributed by atoms with Crippen molar-refractivity contribution in [3.63, 3.8) is 0 Å². The van der Waals surface area contributed by atoms with Gasteiger partial charge in [-0.2, -0.15) is 0 Å². The summed E-state index contributed by atoms with van der Waals surface area (Å²) in [7, 11) is 0. The van der Waals surface area contributed by atoms with Crippen molar-refractivity contribution >= 4 is 21.6 Å². The van der Waals surface area contributed by atoms with E-state index in [1.54, 1.807) is 0 Å². The molecule has 3 rings (SSSR count). The molecule has 0 radical (unpaired) electrons. The normalized spacial score (nSPS) is 11.2. The number of hydrogen-bond acceptors (Lipinski definition) is 2. The van der Waals surface area contributed by atoms with Crippen LogP contribution in [0.4, 0.5) is 0 Å². The molecule has 4 heteroatoms. The Labute approximate surface area is 126 Å². The molecule has 0 aliphatic carbocycles. The molecule has 2 aromatic heterocycles. The van der Waals surface area contributed by atoms with E-state index in [9.17, 15) is 0 Å². The first-order chi connectivity index (χ1) is 9.69. The second-order valence-electron chi connectivity index (χ2n) is 4.89. The van der Waals surface area contributed by atoms with Gasteiger partial charge in [0.25, 0.3) is 0 Å². The number of hydrogen-bond donors (Lipinski definition) is 1. The summed E-state index contributed by atoms with van der Waals surface area (Å²) in [5, 5.41) is 0. The van der Waals surface area contributed by atoms with Crippen LogP contribution < -0.4 is 5.73 Å². The summed E-state index contributed by atoms with van der Waals surface area (Å²) in [5.74, 6) is 0. The Bertz CT molecular complexity index is 744. The number of benzene rings is 1. The highest BCUT2D eigenvalue weighted by Crippen LogP contribution is 2.27. The van der Waals surface area contributed by atoms with Crippen LogP contribution in [0.5, 0.6) is 0 Å². The third kappa shape index (κ3) is 2.37. The third-order valence-electron chi connectivity index (χ3n) is 3.34. The molecule has 1 aromatic carbocycles. The fourth-order valence-corrected chi connectivity index (χ4v) is 2.69. The molecule has 20 heavy (non-hydrogen) atoms. The summed E-state index contributed by atoms with van der Waals surface area (Å²) in [6.45, 7) is 2.69.